The maximum atomic E-state index is 13.1. The number of aryl methyl sites for hydroxylation is 1. The van der Waals surface area contributed by atoms with E-state index in [-0.39, 0.29) is 11.7 Å². The molecule has 0 unspecified atom stereocenters. The van der Waals surface area contributed by atoms with Crippen molar-refractivity contribution in [3.8, 4) is 5.69 Å². The molecule has 0 aliphatic rings. The lowest BCUT2D eigenvalue weighted by molar-refractivity contribution is 0.101. The molecule has 0 bridgehead atoms. The molecule has 11 nitrogen and oxygen atoms in total. The molecule has 4 rings (SSSR count). The average molecular weight is 355 g/mol. The van der Waals surface area contributed by atoms with E-state index in [1.165, 1.54) is 50.7 Å². The minimum atomic E-state index is -0.839. The average Bonchev–Trinajstić information content (AvgIpc) is 3.21. The van der Waals surface area contributed by atoms with E-state index in [9.17, 15) is 14.0 Å². The summed E-state index contributed by atoms with van der Waals surface area (Å²) in [6.07, 6.45) is 2.67. The van der Waals surface area contributed by atoms with Crippen molar-refractivity contribution in [2.24, 2.45) is 7.05 Å². The van der Waals surface area contributed by atoms with Gasteiger partial charge < -0.3 is 4.57 Å². The Balaban J connectivity index is 1.74. The molecule has 0 atom stereocenters. The highest BCUT2D eigenvalue weighted by Crippen LogP contribution is 2.10. The number of anilines is 1. The summed E-state index contributed by atoms with van der Waals surface area (Å²) >= 11 is 0. The molecule has 1 N–H and O–H groups in total. The first-order valence-electron chi connectivity index (χ1n) is 7.29. The van der Waals surface area contributed by atoms with Crippen LogP contribution >= 0.6 is 0 Å². The van der Waals surface area contributed by atoms with Crippen LogP contribution < -0.4 is 10.9 Å². The van der Waals surface area contributed by atoms with Crippen LogP contribution in [-0.2, 0) is 7.05 Å². The Bertz CT molecular complexity index is 1180. The Hall–Kier alpha value is -3.96. The number of aromatic nitrogens is 8. The van der Waals surface area contributed by atoms with Crippen molar-refractivity contribution in [2.45, 2.75) is 0 Å². The topological polar surface area (TPSA) is 125 Å². The van der Waals surface area contributed by atoms with Gasteiger partial charge in [-0.05, 0) is 24.3 Å². The minimum Gasteiger partial charge on any atom is -0.303 e. The van der Waals surface area contributed by atoms with Gasteiger partial charge in [-0.15, -0.1) is 10.2 Å². The lowest BCUT2D eigenvalue weighted by atomic mass is 10.3. The van der Waals surface area contributed by atoms with Crippen LogP contribution in [0, 0.1) is 5.82 Å². The summed E-state index contributed by atoms with van der Waals surface area (Å²) < 4.78 is 17.0. The highest BCUT2D eigenvalue weighted by Gasteiger charge is 2.19. The molecule has 26 heavy (non-hydrogen) atoms. The molecule has 0 saturated heterocycles. The number of halogens is 1. The van der Waals surface area contributed by atoms with Gasteiger partial charge in [0.2, 0.25) is 11.6 Å². The first kappa shape index (κ1) is 15.6. The lowest BCUT2D eigenvalue weighted by Gasteiger charge is -2.04. The monoisotopic (exact) mass is 355 g/mol. The second-order valence-corrected chi connectivity index (χ2v) is 5.25. The smallest absolute Gasteiger partial charge is 0.303 e. The lowest BCUT2D eigenvalue weighted by Crippen LogP contribution is -2.28. The van der Waals surface area contributed by atoms with E-state index in [0.29, 0.717) is 5.69 Å². The Labute approximate surface area is 143 Å². The summed E-state index contributed by atoms with van der Waals surface area (Å²) in [6.45, 7) is 0. The van der Waals surface area contributed by atoms with Gasteiger partial charge >= 0.3 is 5.56 Å². The molecule has 12 heteroatoms. The Kier molecular flexibility index (Phi) is 3.49. The maximum absolute atomic E-state index is 13.1. The first-order chi connectivity index (χ1) is 12.5. The van der Waals surface area contributed by atoms with Crippen LogP contribution in [0.25, 0.3) is 11.5 Å². The largest absolute Gasteiger partial charge is 0.306 e. The van der Waals surface area contributed by atoms with Crippen LogP contribution in [0.3, 0.4) is 0 Å². The Morgan fingerprint density at radius 3 is 2.65 bits per heavy atom. The van der Waals surface area contributed by atoms with E-state index in [1.807, 2.05) is 0 Å². The van der Waals surface area contributed by atoms with E-state index in [0.717, 1.165) is 0 Å². The van der Waals surface area contributed by atoms with Crippen molar-refractivity contribution in [3.05, 3.63) is 58.8 Å². The first-order valence-corrected chi connectivity index (χ1v) is 7.29. The fourth-order valence-corrected chi connectivity index (χ4v) is 2.23. The van der Waals surface area contributed by atoms with Gasteiger partial charge in [-0.25, -0.2) is 4.39 Å². The molecule has 0 spiro atoms. The number of nitrogens with zero attached hydrogens (tertiary/aromatic N) is 8. The normalized spacial score (nSPS) is 11.0. The predicted octanol–water partition coefficient (Wildman–Crippen LogP) is -0.205. The van der Waals surface area contributed by atoms with Gasteiger partial charge in [-0.1, -0.05) is 0 Å². The highest BCUT2D eigenvalue weighted by atomic mass is 19.1. The van der Waals surface area contributed by atoms with E-state index in [4.69, 9.17) is 0 Å². The van der Waals surface area contributed by atoms with E-state index < -0.39 is 23.0 Å². The molecule has 0 aliphatic carbocycles. The van der Waals surface area contributed by atoms with Gasteiger partial charge in [0.05, 0.1) is 5.69 Å². The molecule has 130 valence electrons. The zero-order valence-electron chi connectivity index (χ0n) is 13.2. The standard InChI is InChI=1S/C14H10FN9O2/c1-22-6-16-20-13(22)18-11(25)10-12(26)19-14-23(21-10)7-17-24(14)9-4-2-8(15)3-5-9/h2-7H,1H3,(H,18,20,25). The van der Waals surface area contributed by atoms with Crippen LogP contribution in [0.15, 0.2) is 41.7 Å². The second kappa shape index (κ2) is 5.84. The van der Waals surface area contributed by atoms with Gasteiger partial charge in [-0.3, -0.25) is 14.9 Å². The van der Waals surface area contributed by atoms with Crippen molar-refractivity contribution < 1.29 is 9.18 Å². The van der Waals surface area contributed by atoms with Crippen LogP contribution in [0.5, 0.6) is 0 Å². The molecule has 3 aromatic heterocycles. The number of carbonyl (C=O) groups is 1. The van der Waals surface area contributed by atoms with Crippen LogP contribution in [0.2, 0.25) is 0 Å². The van der Waals surface area contributed by atoms with Gasteiger partial charge in [0.15, 0.2) is 0 Å². The maximum Gasteiger partial charge on any atom is 0.306 e. The summed E-state index contributed by atoms with van der Waals surface area (Å²) in [5, 5.41) is 17.8. The number of carbonyl (C=O) groups excluding carboxylic acids is 1. The number of hydrogen-bond acceptors (Lipinski definition) is 7. The molecule has 1 amide bonds. The zero-order valence-corrected chi connectivity index (χ0v) is 13.2. The zero-order chi connectivity index (χ0) is 18.3. The molecular weight excluding hydrogens is 345 g/mol. The molecular formula is C14H10FN9O2. The number of nitrogens with one attached hydrogen (secondary N) is 1. The molecule has 3 heterocycles. The molecule has 0 radical (unpaired) electrons. The summed E-state index contributed by atoms with van der Waals surface area (Å²) in [7, 11) is 1.63. The number of fused-ring (bicyclic) bond motifs is 1. The minimum absolute atomic E-state index is 0.0804. The van der Waals surface area contributed by atoms with Gasteiger partial charge in [-0.2, -0.15) is 24.4 Å². The van der Waals surface area contributed by atoms with Crippen LogP contribution in [0.1, 0.15) is 10.5 Å². The third-order valence-electron chi connectivity index (χ3n) is 3.51. The number of amides is 1. The van der Waals surface area contributed by atoms with Crippen molar-refractivity contribution in [2.75, 3.05) is 5.32 Å². The van der Waals surface area contributed by atoms with Crippen molar-refractivity contribution in [1.29, 1.82) is 0 Å². The SMILES string of the molecule is Cn1cnnc1NC(=O)c1nn2cnn(-c3ccc(F)cc3)c2nc1=O. The molecule has 0 fully saturated rings. The molecule has 1 aromatic carbocycles. The third kappa shape index (κ3) is 2.58. The number of rotatable bonds is 3. The van der Waals surface area contributed by atoms with Crippen molar-refractivity contribution in [1.82, 2.24) is 39.1 Å². The van der Waals surface area contributed by atoms with E-state index >= 15 is 0 Å². The Morgan fingerprint density at radius 1 is 1.19 bits per heavy atom. The van der Waals surface area contributed by atoms with Crippen molar-refractivity contribution in [3.63, 3.8) is 0 Å². The highest BCUT2D eigenvalue weighted by molar-refractivity contribution is 6.01. The van der Waals surface area contributed by atoms with Crippen LogP contribution in [0.4, 0.5) is 10.3 Å². The van der Waals surface area contributed by atoms with Gasteiger partial charge in [0.1, 0.15) is 18.5 Å². The van der Waals surface area contributed by atoms with Gasteiger partial charge in [0, 0.05) is 7.05 Å². The predicted molar refractivity (Wildman–Crippen MR) is 85.3 cm³/mol. The second-order valence-electron chi connectivity index (χ2n) is 5.25. The summed E-state index contributed by atoms with van der Waals surface area (Å²) in [5.41, 5.74) is -0.781. The summed E-state index contributed by atoms with van der Waals surface area (Å²) in [5.74, 6) is -0.946. The summed E-state index contributed by atoms with van der Waals surface area (Å²) in [6, 6.07) is 5.45. The number of benzene rings is 1. The van der Waals surface area contributed by atoms with E-state index in [1.54, 1.807) is 7.05 Å². The van der Waals surface area contributed by atoms with Crippen LogP contribution in [-0.4, -0.2) is 45.1 Å². The summed E-state index contributed by atoms with van der Waals surface area (Å²) in [4.78, 5) is 28.4. The van der Waals surface area contributed by atoms with Gasteiger partial charge in [0.25, 0.3) is 11.7 Å². The number of hydrogen-bond donors (Lipinski definition) is 1. The molecule has 0 saturated carbocycles. The fraction of sp³-hybridized carbons (Fsp3) is 0.0714. The molecule has 0 aliphatic heterocycles. The van der Waals surface area contributed by atoms with Crippen molar-refractivity contribution >= 4 is 17.6 Å². The molecule has 4 aromatic rings. The fourth-order valence-electron chi connectivity index (χ4n) is 2.23. The van der Waals surface area contributed by atoms with E-state index in [2.05, 4.69) is 30.7 Å². The quantitative estimate of drug-likeness (QED) is 0.539. The third-order valence-corrected chi connectivity index (χ3v) is 3.51. The Morgan fingerprint density at radius 2 is 1.96 bits per heavy atom.